The van der Waals surface area contributed by atoms with E-state index in [1.807, 2.05) is 0 Å². The summed E-state index contributed by atoms with van der Waals surface area (Å²) >= 11 is 3.02. The van der Waals surface area contributed by atoms with Crippen LogP contribution in [0.5, 0.6) is 0 Å². The van der Waals surface area contributed by atoms with E-state index in [0.717, 1.165) is 0 Å². The van der Waals surface area contributed by atoms with E-state index in [4.69, 9.17) is 14.9 Å². The van der Waals surface area contributed by atoms with Crippen LogP contribution in [0.25, 0.3) is 0 Å². The van der Waals surface area contributed by atoms with Crippen LogP contribution >= 0.6 is 15.9 Å². The topological polar surface area (TPSA) is 83.8 Å². The molecule has 0 atom stereocenters. The predicted molar refractivity (Wildman–Crippen MR) is 58.8 cm³/mol. The van der Waals surface area contributed by atoms with E-state index < -0.39 is 11.9 Å². The Morgan fingerprint density at radius 2 is 1.81 bits per heavy atom. The second-order valence-electron chi connectivity index (χ2n) is 3.03. The van der Waals surface area contributed by atoms with E-state index in [0.29, 0.717) is 5.56 Å². The van der Waals surface area contributed by atoms with Gasteiger partial charge < -0.3 is 14.9 Å². The molecule has 5 nitrogen and oxygen atoms in total. The van der Waals surface area contributed by atoms with E-state index in [2.05, 4.69) is 15.9 Å². The first kappa shape index (κ1) is 12.7. The highest BCUT2D eigenvalue weighted by Crippen LogP contribution is 2.23. The largest absolute Gasteiger partial charge is 0.478 e. The first-order valence-corrected chi connectivity index (χ1v) is 5.04. The highest BCUT2D eigenvalue weighted by atomic mass is 79.9. The summed E-state index contributed by atoms with van der Waals surface area (Å²) in [5.74, 6) is -2.24. The maximum Gasteiger partial charge on any atom is 0.336 e. The molecule has 0 aliphatic heterocycles. The molecule has 16 heavy (non-hydrogen) atoms. The number of benzene rings is 1. The molecule has 0 aromatic heterocycles. The molecule has 0 radical (unpaired) electrons. The lowest BCUT2D eigenvalue weighted by molar-refractivity contribution is 0.0676. The van der Waals surface area contributed by atoms with Gasteiger partial charge in [0.05, 0.1) is 17.7 Å². The van der Waals surface area contributed by atoms with E-state index >= 15 is 0 Å². The van der Waals surface area contributed by atoms with Gasteiger partial charge in [0.25, 0.3) is 0 Å². The molecule has 0 bridgehead atoms. The van der Waals surface area contributed by atoms with Crippen molar-refractivity contribution in [3.8, 4) is 0 Å². The zero-order valence-corrected chi connectivity index (χ0v) is 9.94. The number of rotatable bonds is 4. The van der Waals surface area contributed by atoms with Crippen molar-refractivity contribution in [1.29, 1.82) is 0 Å². The number of hydrogen-bond donors (Lipinski definition) is 2. The molecule has 1 rings (SSSR count). The second kappa shape index (κ2) is 5.09. The van der Waals surface area contributed by atoms with Gasteiger partial charge in [0, 0.05) is 11.6 Å². The van der Waals surface area contributed by atoms with Crippen molar-refractivity contribution < 1.29 is 24.5 Å². The number of halogens is 1. The van der Waals surface area contributed by atoms with E-state index in [1.54, 1.807) is 0 Å². The lowest BCUT2D eigenvalue weighted by Gasteiger charge is -2.08. The van der Waals surface area contributed by atoms with Gasteiger partial charge >= 0.3 is 11.9 Å². The summed E-state index contributed by atoms with van der Waals surface area (Å²) in [6.45, 7) is 0.0508. The number of methoxy groups -OCH3 is 1. The van der Waals surface area contributed by atoms with Gasteiger partial charge in [-0.2, -0.15) is 0 Å². The standard InChI is InChI=1S/C10H9BrO5/c1-16-4-5-2-7(10(14)15)8(11)3-6(5)9(12)13/h2-3H,4H2,1H3,(H,12,13)(H,14,15). The molecule has 0 aliphatic rings. The summed E-state index contributed by atoms with van der Waals surface area (Å²) in [6, 6.07) is 2.56. The molecular weight excluding hydrogens is 280 g/mol. The van der Waals surface area contributed by atoms with Crippen LogP contribution in [0.1, 0.15) is 26.3 Å². The quantitative estimate of drug-likeness (QED) is 0.885. The van der Waals surface area contributed by atoms with Crippen LogP contribution < -0.4 is 0 Å². The first-order valence-electron chi connectivity index (χ1n) is 4.25. The van der Waals surface area contributed by atoms with Crippen LogP contribution in [0.3, 0.4) is 0 Å². The fourth-order valence-corrected chi connectivity index (χ4v) is 1.77. The van der Waals surface area contributed by atoms with Gasteiger partial charge in [0.1, 0.15) is 0 Å². The summed E-state index contributed by atoms with van der Waals surface area (Å²) < 4.78 is 5.06. The highest BCUT2D eigenvalue weighted by Gasteiger charge is 2.17. The minimum Gasteiger partial charge on any atom is -0.478 e. The molecule has 1 aromatic carbocycles. The van der Waals surface area contributed by atoms with Gasteiger partial charge in [0.15, 0.2) is 0 Å². The Morgan fingerprint density at radius 3 is 2.25 bits per heavy atom. The van der Waals surface area contributed by atoms with E-state index in [-0.39, 0.29) is 22.2 Å². The number of carbonyl (C=O) groups is 2. The normalized spacial score (nSPS) is 10.1. The van der Waals surface area contributed by atoms with Gasteiger partial charge in [-0.05, 0) is 33.6 Å². The Bertz CT molecular complexity index is 441. The van der Waals surface area contributed by atoms with Gasteiger partial charge in [-0.3, -0.25) is 0 Å². The number of aromatic carboxylic acids is 2. The van der Waals surface area contributed by atoms with Crippen molar-refractivity contribution in [3.63, 3.8) is 0 Å². The molecule has 2 N–H and O–H groups in total. The Labute approximate surface area is 99.8 Å². The lowest BCUT2D eigenvalue weighted by atomic mass is 10.0. The second-order valence-corrected chi connectivity index (χ2v) is 3.89. The fraction of sp³-hybridized carbons (Fsp3) is 0.200. The van der Waals surface area contributed by atoms with Crippen LogP contribution in [0.2, 0.25) is 0 Å². The van der Waals surface area contributed by atoms with Gasteiger partial charge in [-0.25, -0.2) is 9.59 Å². The molecule has 0 fully saturated rings. The maximum atomic E-state index is 10.9. The molecule has 6 heteroatoms. The third kappa shape index (κ3) is 2.59. The number of carboxylic acid groups (broad SMARTS) is 2. The number of hydrogen-bond acceptors (Lipinski definition) is 3. The van der Waals surface area contributed by atoms with Gasteiger partial charge in [0.2, 0.25) is 0 Å². The van der Waals surface area contributed by atoms with E-state index in [9.17, 15) is 9.59 Å². The summed E-state index contributed by atoms with van der Waals surface area (Å²) in [6.07, 6.45) is 0. The molecule has 1 aromatic rings. The van der Waals surface area contributed by atoms with Crippen molar-refractivity contribution in [1.82, 2.24) is 0 Å². The minimum absolute atomic E-state index is 0.0112. The summed E-state index contributed by atoms with van der Waals surface area (Å²) in [4.78, 5) is 21.7. The number of ether oxygens (including phenoxy) is 1. The molecule has 0 heterocycles. The van der Waals surface area contributed by atoms with Crippen LogP contribution in [0.4, 0.5) is 0 Å². The zero-order valence-electron chi connectivity index (χ0n) is 8.36. The average molecular weight is 289 g/mol. The SMILES string of the molecule is COCc1cc(C(=O)O)c(Br)cc1C(=O)O. The molecule has 86 valence electrons. The van der Waals surface area contributed by atoms with Crippen molar-refractivity contribution in [2.45, 2.75) is 6.61 Å². The van der Waals surface area contributed by atoms with Crippen LogP contribution in [0, 0.1) is 0 Å². The third-order valence-electron chi connectivity index (χ3n) is 1.95. The molecular formula is C10H9BrO5. The zero-order chi connectivity index (χ0) is 12.3. The highest BCUT2D eigenvalue weighted by molar-refractivity contribution is 9.10. The molecule has 0 aliphatic carbocycles. The molecule has 0 saturated carbocycles. The monoisotopic (exact) mass is 288 g/mol. The first-order chi connectivity index (χ1) is 7.47. The van der Waals surface area contributed by atoms with Crippen molar-refractivity contribution in [3.05, 3.63) is 33.3 Å². The maximum absolute atomic E-state index is 10.9. The van der Waals surface area contributed by atoms with Crippen LogP contribution in [0.15, 0.2) is 16.6 Å². The van der Waals surface area contributed by atoms with Crippen LogP contribution in [-0.4, -0.2) is 29.3 Å². The fourth-order valence-electron chi connectivity index (χ4n) is 1.26. The smallest absolute Gasteiger partial charge is 0.336 e. The van der Waals surface area contributed by atoms with E-state index in [1.165, 1.54) is 19.2 Å². The summed E-state index contributed by atoms with van der Waals surface area (Å²) in [5, 5.41) is 17.8. The van der Waals surface area contributed by atoms with Crippen molar-refractivity contribution in [2.75, 3.05) is 7.11 Å². The van der Waals surface area contributed by atoms with Crippen molar-refractivity contribution >= 4 is 27.9 Å². The Balaban J connectivity index is 3.36. The number of carboxylic acids is 2. The molecule has 0 spiro atoms. The molecule has 0 unspecified atom stereocenters. The van der Waals surface area contributed by atoms with Gasteiger partial charge in [-0.15, -0.1) is 0 Å². The Hall–Kier alpha value is -1.40. The average Bonchev–Trinajstić information content (AvgIpc) is 2.19. The summed E-state index contributed by atoms with van der Waals surface area (Å²) in [7, 11) is 1.41. The lowest BCUT2D eigenvalue weighted by Crippen LogP contribution is -2.07. The third-order valence-corrected chi connectivity index (χ3v) is 2.61. The van der Waals surface area contributed by atoms with Gasteiger partial charge in [-0.1, -0.05) is 0 Å². The predicted octanol–water partition coefficient (Wildman–Crippen LogP) is 1.99. The van der Waals surface area contributed by atoms with Crippen LogP contribution in [-0.2, 0) is 11.3 Å². The summed E-state index contributed by atoms with van der Waals surface area (Å²) in [5.41, 5.74) is 0.367. The Morgan fingerprint density at radius 1 is 1.25 bits per heavy atom. The Kier molecular flexibility index (Phi) is 4.03. The van der Waals surface area contributed by atoms with Crippen molar-refractivity contribution in [2.24, 2.45) is 0 Å². The minimum atomic E-state index is -1.12. The molecule has 0 amide bonds. The molecule has 0 saturated heterocycles.